The van der Waals surface area contributed by atoms with Gasteiger partial charge in [0, 0.05) is 12.6 Å². The van der Waals surface area contributed by atoms with E-state index in [1.54, 1.807) is 13.8 Å². The van der Waals surface area contributed by atoms with E-state index in [0.717, 1.165) is 22.6 Å². The molecule has 0 fully saturated rings. The number of nitrogens with one attached hydrogen (secondary N) is 1. The molecular formula is C17H25NO4. The Morgan fingerprint density at radius 2 is 1.86 bits per heavy atom. The second-order valence-electron chi connectivity index (χ2n) is 6.25. The lowest BCUT2D eigenvalue weighted by Crippen LogP contribution is -2.24. The first-order valence-electron chi connectivity index (χ1n) is 7.38. The monoisotopic (exact) mass is 307 g/mol. The van der Waals surface area contributed by atoms with Crippen molar-refractivity contribution in [3.05, 3.63) is 23.3 Å². The van der Waals surface area contributed by atoms with Crippen LogP contribution in [0.25, 0.3) is 0 Å². The van der Waals surface area contributed by atoms with Gasteiger partial charge in [0.15, 0.2) is 0 Å². The molecule has 122 valence electrons. The van der Waals surface area contributed by atoms with Crippen molar-refractivity contribution in [2.75, 3.05) is 11.9 Å². The summed E-state index contributed by atoms with van der Waals surface area (Å²) in [5, 5.41) is 11.8. The zero-order valence-corrected chi connectivity index (χ0v) is 13.9. The summed E-state index contributed by atoms with van der Waals surface area (Å²) in [6, 6.07) is 3.77. The lowest BCUT2D eigenvalue weighted by Gasteiger charge is -2.19. The van der Waals surface area contributed by atoms with Gasteiger partial charge in [-0.25, -0.2) is 0 Å². The van der Waals surface area contributed by atoms with Gasteiger partial charge in [0.05, 0.1) is 12.0 Å². The fourth-order valence-corrected chi connectivity index (χ4v) is 2.07. The molecule has 0 aliphatic heterocycles. The SMILES string of the molecule is CC(=O)Nc1cc(C)c(OCCCC(C)(C)C(=O)O)cc1C. The van der Waals surface area contributed by atoms with Crippen LogP contribution in [0.5, 0.6) is 5.75 Å². The van der Waals surface area contributed by atoms with Gasteiger partial charge in [-0.15, -0.1) is 0 Å². The molecule has 1 rings (SSSR count). The number of benzene rings is 1. The predicted octanol–water partition coefficient (Wildman–Crippen LogP) is 3.53. The lowest BCUT2D eigenvalue weighted by atomic mass is 9.88. The zero-order chi connectivity index (χ0) is 16.9. The molecule has 0 bridgehead atoms. The molecule has 22 heavy (non-hydrogen) atoms. The van der Waals surface area contributed by atoms with Gasteiger partial charge in [-0.2, -0.15) is 0 Å². The minimum Gasteiger partial charge on any atom is -0.493 e. The minimum absolute atomic E-state index is 0.105. The van der Waals surface area contributed by atoms with Crippen molar-refractivity contribution in [3.8, 4) is 5.75 Å². The number of aryl methyl sites for hydroxylation is 2. The lowest BCUT2D eigenvalue weighted by molar-refractivity contribution is -0.147. The van der Waals surface area contributed by atoms with Crippen LogP contribution in [0, 0.1) is 19.3 Å². The van der Waals surface area contributed by atoms with Crippen LogP contribution in [0.3, 0.4) is 0 Å². The number of amides is 1. The van der Waals surface area contributed by atoms with Gasteiger partial charge in [0.2, 0.25) is 5.91 Å². The summed E-state index contributed by atoms with van der Waals surface area (Å²) >= 11 is 0. The number of carboxylic acid groups (broad SMARTS) is 1. The van der Waals surface area contributed by atoms with Crippen LogP contribution >= 0.6 is 0 Å². The Hall–Kier alpha value is -2.04. The Morgan fingerprint density at radius 3 is 2.41 bits per heavy atom. The Labute approximate surface area is 131 Å². The molecule has 0 saturated heterocycles. The third-order valence-electron chi connectivity index (χ3n) is 3.62. The summed E-state index contributed by atoms with van der Waals surface area (Å²) in [7, 11) is 0. The van der Waals surface area contributed by atoms with Gasteiger partial charge in [0.25, 0.3) is 0 Å². The van der Waals surface area contributed by atoms with Crippen LogP contribution in [0.15, 0.2) is 12.1 Å². The van der Waals surface area contributed by atoms with E-state index in [4.69, 9.17) is 9.84 Å². The first kappa shape index (κ1) is 18.0. The summed E-state index contributed by atoms with van der Waals surface area (Å²) in [6.45, 7) is 9.20. The number of carboxylic acids is 1. The van der Waals surface area contributed by atoms with Crippen LogP contribution in [0.2, 0.25) is 0 Å². The van der Waals surface area contributed by atoms with E-state index in [1.807, 2.05) is 26.0 Å². The van der Waals surface area contributed by atoms with Crippen molar-refractivity contribution >= 4 is 17.6 Å². The molecule has 0 radical (unpaired) electrons. The third kappa shape index (κ3) is 5.06. The van der Waals surface area contributed by atoms with E-state index in [0.29, 0.717) is 19.4 Å². The van der Waals surface area contributed by atoms with Gasteiger partial charge in [-0.3, -0.25) is 9.59 Å². The van der Waals surface area contributed by atoms with Crippen molar-refractivity contribution in [2.45, 2.75) is 47.5 Å². The number of ether oxygens (including phenoxy) is 1. The molecule has 0 atom stereocenters. The Kier molecular flexibility index (Phi) is 5.97. The number of anilines is 1. The number of carbonyl (C=O) groups is 2. The molecule has 0 spiro atoms. The molecule has 0 heterocycles. The van der Waals surface area contributed by atoms with E-state index < -0.39 is 11.4 Å². The van der Waals surface area contributed by atoms with Crippen LogP contribution in [0.4, 0.5) is 5.69 Å². The number of hydrogen-bond acceptors (Lipinski definition) is 3. The van der Waals surface area contributed by atoms with Crippen LogP contribution in [0.1, 0.15) is 44.7 Å². The molecule has 5 nitrogen and oxygen atoms in total. The maximum atomic E-state index is 11.1. The molecule has 5 heteroatoms. The van der Waals surface area contributed by atoms with Gasteiger partial charge in [-0.05, 0) is 63.8 Å². The number of aliphatic carboxylic acids is 1. The molecule has 1 aromatic carbocycles. The summed E-state index contributed by atoms with van der Waals surface area (Å²) < 4.78 is 5.75. The standard InChI is InChI=1S/C17H25NO4/c1-11-10-15(12(2)9-14(11)18-13(3)19)22-8-6-7-17(4,5)16(20)21/h9-10H,6-8H2,1-5H3,(H,18,19)(H,20,21). The maximum Gasteiger partial charge on any atom is 0.309 e. The number of rotatable bonds is 7. The first-order valence-corrected chi connectivity index (χ1v) is 7.38. The Balaban J connectivity index is 2.62. The Morgan fingerprint density at radius 1 is 1.23 bits per heavy atom. The van der Waals surface area contributed by atoms with Gasteiger partial charge in [0.1, 0.15) is 5.75 Å². The van der Waals surface area contributed by atoms with Gasteiger partial charge >= 0.3 is 5.97 Å². The molecule has 1 amide bonds. The summed E-state index contributed by atoms with van der Waals surface area (Å²) in [4.78, 5) is 22.2. The second-order valence-corrected chi connectivity index (χ2v) is 6.25. The molecule has 0 aliphatic rings. The van der Waals surface area contributed by atoms with Gasteiger partial charge in [-0.1, -0.05) is 0 Å². The van der Waals surface area contributed by atoms with Crippen LogP contribution in [-0.4, -0.2) is 23.6 Å². The number of hydrogen-bond donors (Lipinski definition) is 2. The highest BCUT2D eigenvalue weighted by atomic mass is 16.5. The average molecular weight is 307 g/mol. The molecule has 0 unspecified atom stereocenters. The third-order valence-corrected chi connectivity index (χ3v) is 3.62. The highest BCUT2D eigenvalue weighted by molar-refractivity contribution is 5.89. The van der Waals surface area contributed by atoms with Gasteiger partial charge < -0.3 is 15.2 Å². The summed E-state index contributed by atoms with van der Waals surface area (Å²) in [5.41, 5.74) is 1.92. The summed E-state index contributed by atoms with van der Waals surface area (Å²) in [6.07, 6.45) is 1.23. The van der Waals surface area contributed by atoms with E-state index >= 15 is 0 Å². The van der Waals surface area contributed by atoms with Crippen molar-refractivity contribution in [3.63, 3.8) is 0 Å². The normalized spacial score (nSPS) is 11.1. The highest BCUT2D eigenvalue weighted by Gasteiger charge is 2.26. The zero-order valence-electron chi connectivity index (χ0n) is 13.9. The predicted molar refractivity (Wildman–Crippen MR) is 86.4 cm³/mol. The topological polar surface area (TPSA) is 75.6 Å². The maximum absolute atomic E-state index is 11.1. The smallest absolute Gasteiger partial charge is 0.309 e. The number of carbonyl (C=O) groups excluding carboxylic acids is 1. The molecule has 1 aromatic rings. The van der Waals surface area contributed by atoms with E-state index in [-0.39, 0.29) is 5.91 Å². The van der Waals surface area contributed by atoms with Crippen LogP contribution in [-0.2, 0) is 9.59 Å². The van der Waals surface area contributed by atoms with E-state index in [9.17, 15) is 9.59 Å². The summed E-state index contributed by atoms with van der Waals surface area (Å²) in [5.74, 6) is -0.133. The molecule has 0 aliphatic carbocycles. The quantitative estimate of drug-likeness (QED) is 0.756. The fraction of sp³-hybridized carbons (Fsp3) is 0.529. The largest absolute Gasteiger partial charge is 0.493 e. The van der Waals surface area contributed by atoms with Crippen molar-refractivity contribution < 1.29 is 19.4 Å². The van der Waals surface area contributed by atoms with Crippen molar-refractivity contribution in [1.82, 2.24) is 0 Å². The molecule has 0 aromatic heterocycles. The van der Waals surface area contributed by atoms with Crippen LogP contribution < -0.4 is 10.1 Å². The molecule has 2 N–H and O–H groups in total. The van der Waals surface area contributed by atoms with E-state index in [2.05, 4.69) is 5.32 Å². The van der Waals surface area contributed by atoms with Crippen molar-refractivity contribution in [2.24, 2.45) is 5.41 Å². The van der Waals surface area contributed by atoms with E-state index in [1.165, 1.54) is 6.92 Å². The molecule has 0 saturated carbocycles. The molecular weight excluding hydrogens is 282 g/mol. The van der Waals surface area contributed by atoms with Crippen molar-refractivity contribution in [1.29, 1.82) is 0 Å². The average Bonchev–Trinajstić information content (AvgIpc) is 2.39. The fourth-order valence-electron chi connectivity index (χ4n) is 2.07. The second kappa shape index (κ2) is 7.29. The first-order chi connectivity index (χ1) is 10.1. The minimum atomic E-state index is -0.792. The Bertz CT molecular complexity index is 564. The highest BCUT2D eigenvalue weighted by Crippen LogP contribution is 2.27.